The third-order valence-electron chi connectivity index (χ3n) is 1.72. The smallest absolute Gasteiger partial charge is 0.221 e. The zero-order chi connectivity index (χ0) is 9.84. The molecule has 0 aliphatic rings. The molecule has 0 radical (unpaired) electrons. The number of nitrogens with two attached hydrogens (primary N) is 1. The summed E-state index contributed by atoms with van der Waals surface area (Å²) >= 11 is 0. The number of aryl methyl sites for hydroxylation is 1. The maximum atomic E-state index is 5.37. The van der Waals surface area contributed by atoms with Crippen molar-refractivity contribution >= 4 is 5.95 Å². The molecule has 1 rings (SSSR count). The summed E-state index contributed by atoms with van der Waals surface area (Å²) in [5, 5.41) is 7.37. The van der Waals surface area contributed by atoms with Crippen LogP contribution < -0.4 is 11.1 Å². The van der Waals surface area contributed by atoms with Crippen molar-refractivity contribution < 1.29 is 0 Å². The van der Waals surface area contributed by atoms with Gasteiger partial charge < -0.3 is 11.1 Å². The Balaban J connectivity index is 2.71. The minimum atomic E-state index is 0.361. The van der Waals surface area contributed by atoms with E-state index in [4.69, 9.17) is 5.73 Å². The van der Waals surface area contributed by atoms with Gasteiger partial charge in [0.05, 0.1) is 0 Å². The Labute approximate surface area is 78.3 Å². The van der Waals surface area contributed by atoms with Crippen LogP contribution in [0.5, 0.6) is 0 Å². The van der Waals surface area contributed by atoms with Crippen LogP contribution in [0.25, 0.3) is 0 Å². The lowest BCUT2D eigenvalue weighted by Crippen LogP contribution is -2.15. The molecule has 1 aromatic rings. The number of rotatable bonds is 4. The SMILES string of the molecule is CC(C)c1nc(NCCN)n(C)n1. The van der Waals surface area contributed by atoms with Crippen molar-refractivity contribution in [1.82, 2.24) is 14.8 Å². The zero-order valence-electron chi connectivity index (χ0n) is 8.41. The van der Waals surface area contributed by atoms with Gasteiger partial charge in [-0.05, 0) is 0 Å². The van der Waals surface area contributed by atoms with E-state index in [1.165, 1.54) is 0 Å². The second-order valence-electron chi connectivity index (χ2n) is 3.29. The van der Waals surface area contributed by atoms with Gasteiger partial charge in [0.2, 0.25) is 5.95 Å². The van der Waals surface area contributed by atoms with E-state index in [1.54, 1.807) is 4.68 Å². The van der Waals surface area contributed by atoms with E-state index in [2.05, 4.69) is 29.2 Å². The first-order valence-corrected chi connectivity index (χ1v) is 4.50. The average Bonchev–Trinajstić information content (AvgIpc) is 2.44. The lowest BCUT2D eigenvalue weighted by Gasteiger charge is -2.00. The van der Waals surface area contributed by atoms with Gasteiger partial charge in [-0.1, -0.05) is 13.8 Å². The minimum Gasteiger partial charge on any atom is -0.353 e. The lowest BCUT2D eigenvalue weighted by molar-refractivity contribution is 0.710. The molecule has 13 heavy (non-hydrogen) atoms. The predicted molar refractivity (Wildman–Crippen MR) is 52.6 cm³/mol. The van der Waals surface area contributed by atoms with Crippen LogP contribution in [0.3, 0.4) is 0 Å². The average molecular weight is 183 g/mol. The van der Waals surface area contributed by atoms with Gasteiger partial charge in [-0.15, -0.1) is 0 Å². The van der Waals surface area contributed by atoms with Crippen LogP contribution >= 0.6 is 0 Å². The third kappa shape index (κ3) is 2.42. The van der Waals surface area contributed by atoms with Gasteiger partial charge in [-0.25, -0.2) is 4.68 Å². The molecule has 0 aliphatic heterocycles. The highest BCUT2D eigenvalue weighted by molar-refractivity contribution is 5.25. The van der Waals surface area contributed by atoms with Crippen LogP contribution in [0.1, 0.15) is 25.6 Å². The van der Waals surface area contributed by atoms with E-state index in [0.29, 0.717) is 12.5 Å². The molecule has 1 heterocycles. The van der Waals surface area contributed by atoms with Crippen molar-refractivity contribution in [3.8, 4) is 0 Å². The van der Waals surface area contributed by atoms with Crippen molar-refractivity contribution in [3.63, 3.8) is 0 Å². The Hall–Kier alpha value is -1.10. The summed E-state index contributed by atoms with van der Waals surface area (Å²) in [6.07, 6.45) is 0. The van der Waals surface area contributed by atoms with Crippen LogP contribution in [-0.2, 0) is 7.05 Å². The molecule has 0 spiro atoms. The largest absolute Gasteiger partial charge is 0.353 e. The van der Waals surface area contributed by atoms with E-state index in [1.807, 2.05) is 7.05 Å². The molecule has 0 amide bonds. The minimum absolute atomic E-state index is 0.361. The van der Waals surface area contributed by atoms with Gasteiger partial charge >= 0.3 is 0 Å². The van der Waals surface area contributed by atoms with E-state index in [-0.39, 0.29) is 0 Å². The molecule has 5 nitrogen and oxygen atoms in total. The molecule has 0 aliphatic carbocycles. The monoisotopic (exact) mass is 183 g/mol. The molecule has 3 N–H and O–H groups in total. The Morgan fingerprint density at radius 2 is 2.23 bits per heavy atom. The molecule has 0 unspecified atom stereocenters. The Kier molecular flexibility index (Phi) is 3.25. The molecule has 0 aromatic carbocycles. The van der Waals surface area contributed by atoms with Crippen molar-refractivity contribution in [3.05, 3.63) is 5.82 Å². The van der Waals surface area contributed by atoms with Crippen LogP contribution in [0.15, 0.2) is 0 Å². The first-order valence-electron chi connectivity index (χ1n) is 4.50. The molecule has 0 atom stereocenters. The standard InChI is InChI=1S/C8H17N5/c1-6(2)7-11-8(10-5-4-9)13(3)12-7/h6H,4-5,9H2,1-3H3,(H,10,11,12). The summed E-state index contributed by atoms with van der Waals surface area (Å²) in [6.45, 7) is 5.47. The van der Waals surface area contributed by atoms with Gasteiger partial charge in [0, 0.05) is 26.1 Å². The molecular weight excluding hydrogens is 166 g/mol. The summed E-state index contributed by atoms with van der Waals surface area (Å²) in [4.78, 5) is 4.33. The fourth-order valence-corrected chi connectivity index (χ4v) is 0.987. The Bertz CT molecular complexity index is 265. The second kappa shape index (κ2) is 4.23. The molecule has 5 heteroatoms. The van der Waals surface area contributed by atoms with E-state index < -0.39 is 0 Å². The fourth-order valence-electron chi connectivity index (χ4n) is 0.987. The Morgan fingerprint density at radius 3 is 2.69 bits per heavy atom. The number of nitrogens with zero attached hydrogens (tertiary/aromatic N) is 3. The van der Waals surface area contributed by atoms with Crippen molar-refractivity contribution in [2.24, 2.45) is 12.8 Å². The van der Waals surface area contributed by atoms with E-state index in [0.717, 1.165) is 18.3 Å². The van der Waals surface area contributed by atoms with Gasteiger partial charge in [0.1, 0.15) is 0 Å². The first-order chi connectivity index (χ1) is 6.15. The second-order valence-corrected chi connectivity index (χ2v) is 3.29. The van der Waals surface area contributed by atoms with Gasteiger partial charge in [-0.3, -0.25) is 0 Å². The highest BCUT2D eigenvalue weighted by Gasteiger charge is 2.08. The number of anilines is 1. The quantitative estimate of drug-likeness (QED) is 0.705. The van der Waals surface area contributed by atoms with E-state index >= 15 is 0 Å². The number of hydrogen-bond acceptors (Lipinski definition) is 4. The number of hydrogen-bond donors (Lipinski definition) is 2. The molecule has 0 fully saturated rings. The van der Waals surface area contributed by atoms with Gasteiger partial charge in [-0.2, -0.15) is 10.1 Å². The van der Waals surface area contributed by atoms with Gasteiger partial charge in [0.15, 0.2) is 5.82 Å². The fraction of sp³-hybridized carbons (Fsp3) is 0.750. The zero-order valence-corrected chi connectivity index (χ0v) is 8.41. The Morgan fingerprint density at radius 1 is 1.54 bits per heavy atom. The number of nitrogens with one attached hydrogen (secondary N) is 1. The summed E-state index contributed by atoms with van der Waals surface area (Å²) in [5.74, 6) is 2.01. The maximum Gasteiger partial charge on any atom is 0.221 e. The molecular formula is C8H17N5. The summed E-state index contributed by atoms with van der Waals surface area (Å²) < 4.78 is 1.74. The maximum absolute atomic E-state index is 5.37. The predicted octanol–water partition coefficient (Wildman–Crippen LogP) is 0.309. The van der Waals surface area contributed by atoms with Gasteiger partial charge in [0.25, 0.3) is 0 Å². The molecule has 0 saturated heterocycles. The topological polar surface area (TPSA) is 68.8 Å². The molecule has 0 saturated carbocycles. The first kappa shape index (κ1) is 9.98. The summed E-state index contributed by atoms with van der Waals surface area (Å²) in [7, 11) is 1.87. The van der Waals surface area contributed by atoms with Crippen LogP contribution in [0, 0.1) is 0 Å². The summed E-state index contributed by atoms with van der Waals surface area (Å²) in [6, 6.07) is 0. The third-order valence-corrected chi connectivity index (χ3v) is 1.72. The van der Waals surface area contributed by atoms with Crippen LogP contribution in [0.2, 0.25) is 0 Å². The van der Waals surface area contributed by atoms with Crippen molar-refractivity contribution in [1.29, 1.82) is 0 Å². The summed E-state index contributed by atoms with van der Waals surface area (Å²) in [5.41, 5.74) is 5.37. The molecule has 0 bridgehead atoms. The molecule has 1 aromatic heterocycles. The number of aromatic nitrogens is 3. The van der Waals surface area contributed by atoms with Crippen LogP contribution in [0.4, 0.5) is 5.95 Å². The van der Waals surface area contributed by atoms with Crippen molar-refractivity contribution in [2.75, 3.05) is 18.4 Å². The molecule has 74 valence electrons. The highest BCUT2D eigenvalue weighted by Crippen LogP contribution is 2.11. The normalized spacial score (nSPS) is 10.8. The van der Waals surface area contributed by atoms with E-state index in [9.17, 15) is 0 Å². The lowest BCUT2D eigenvalue weighted by atomic mass is 10.2. The highest BCUT2D eigenvalue weighted by atomic mass is 15.4. The van der Waals surface area contributed by atoms with Crippen LogP contribution in [-0.4, -0.2) is 27.9 Å². The van der Waals surface area contributed by atoms with Crippen molar-refractivity contribution in [2.45, 2.75) is 19.8 Å².